The van der Waals surface area contributed by atoms with Crippen LogP contribution in [0.1, 0.15) is 12.8 Å². The summed E-state index contributed by atoms with van der Waals surface area (Å²) in [5, 5.41) is 11.7. The molecule has 0 radical (unpaired) electrons. The number of carboxylic acids is 1. The second-order valence-electron chi connectivity index (χ2n) is 3.23. The maximum Gasteiger partial charge on any atom is 0.317 e. The normalized spacial score (nSPS) is 19.5. The van der Waals surface area contributed by atoms with Crippen LogP contribution >= 0.6 is 12.4 Å². The van der Waals surface area contributed by atoms with E-state index in [9.17, 15) is 4.79 Å². The molecule has 78 valence electrons. The number of halogens is 1. The summed E-state index contributed by atoms with van der Waals surface area (Å²) in [4.78, 5) is 12.3. The molecule has 0 bridgehead atoms. The van der Waals surface area contributed by atoms with Crippen molar-refractivity contribution < 1.29 is 9.90 Å². The summed E-state index contributed by atoms with van der Waals surface area (Å²) < 4.78 is 0. The molecule has 0 aliphatic carbocycles. The van der Waals surface area contributed by atoms with Gasteiger partial charge in [0, 0.05) is 19.1 Å². The zero-order valence-corrected chi connectivity index (χ0v) is 8.64. The van der Waals surface area contributed by atoms with Gasteiger partial charge in [-0.1, -0.05) is 0 Å². The second-order valence-corrected chi connectivity index (χ2v) is 3.23. The smallest absolute Gasteiger partial charge is 0.317 e. The molecule has 5 heteroatoms. The van der Waals surface area contributed by atoms with Crippen LogP contribution < -0.4 is 5.32 Å². The third kappa shape index (κ3) is 4.45. The lowest BCUT2D eigenvalue weighted by molar-refractivity contribution is -0.138. The lowest BCUT2D eigenvalue weighted by Crippen LogP contribution is -2.43. The first kappa shape index (κ1) is 12.7. The van der Waals surface area contributed by atoms with Gasteiger partial charge in [-0.3, -0.25) is 9.69 Å². The molecule has 0 atom stereocenters. The molecule has 1 rings (SSSR count). The zero-order valence-electron chi connectivity index (χ0n) is 7.82. The van der Waals surface area contributed by atoms with Crippen molar-refractivity contribution in [2.75, 3.05) is 26.7 Å². The topological polar surface area (TPSA) is 52.6 Å². The number of carbonyl (C=O) groups is 1. The molecule has 0 aromatic carbocycles. The number of nitrogens with zero attached hydrogens (tertiary/aromatic N) is 1. The van der Waals surface area contributed by atoms with Gasteiger partial charge in [-0.25, -0.2) is 0 Å². The van der Waals surface area contributed by atoms with E-state index in [0.29, 0.717) is 6.04 Å². The van der Waals surface area contributed by atoms with Gasteiger partial charge < -0.3 is 10.4 Å². The first-order valence-corrected chi connectivity index (χ1v) is 4.34. The Balaban J connectivity index is 0.00000144. The molecule has 13 heavy (non-hydrogen) atoms. The molecule has 1 saturated heterocycles. The summed E-state index contributed by atoms with van der Waals surface area (Å²) in [7, 11) is 1.96. The SMILES string of the molecule is CNC1CCN(CC(=O)O)CC1.Cl. The van der Waals surface area contributed by atoms with E-state index in [1.165, 1.54) is 0 Å². The molecular formula is C8H17ClN2O2. The van der Waals surface area contributed by atoms with Crippen LogP contribution in [0, 0.1) is 0 Å². The van der Waals surface area contributed by atoms with E-state index in [4.69, 9.17) is 5.11 Å². The quantitative estimate of drug-likeness (QED) is 0.695. The van der Waals surface area contributed by atoms with Gasteiger partial charge in [-0.05, 0) is 19.9 Å². The van der Waals surface area contributed by atoms with Crippen molar-refractivity contribution in [3.63, 3.8) is 0 Å². The minimum Gasteiger partial charge on any atom is -0.480 e. The summed E-state index contributed by atoms with van der Waals surface area (Å²) in [5.74, 6) is -0.724. The Kier molecular flexibility index (Phi) is 6.03. The summed E-state index contributed by atoms with van der Waals surface area (Å²) in [6, 6.07) is 0.579. The molecule has 0 saturated carbocycles. The van der Waals surface area contributed by atoms with Gasteiger partial charge in [0.15, 0.2) is 0 Å². The van der Waals surface area contributed by atoms with Gasteiger partial charge in [-0.2, -0.15) is 0 Å². The number of hydrogen-bond acceptors (Lipinski definition) is 3. The predicted octanol–water partition coefficient (Wildman–Crippen LogP) is 0.177. The van der Waals surface area contributed by atoms with Crippen molar-refractivity contribution in [1.29, 1.82) is 0 Å². The fraction of sp³-hybridized carbons (Fsp3) is 0.875. The monoisotopic (exact) mass is 208 g/mol. The predicted molar refractivity (Wildman–Crippen MR) is 53.4 cm³/mol. The minimum absolute atomic E-state index is 0. The standard InChI is InChI=1S/C8H16N2O2.ClH/c1-9-7-2-4-10(5-3-7)6-8(11)12;/h7,9H,2-6H2,1H3,(H,11,12);1H. The van der Waals surface area contributed by atoms with Crippen molar-refractivity contribution in [2.24, 2.45) is 0 Å². The van der Waals surface area contributed by atoms with Gasteiger partial charge in [0.2, 0.25) is 0 Å². The first-order valence-electron chi connectivity index (χ1n) is 4.34. The summed E-state index contributed by atoms with van der Waals surface area (Å²) in [5.41, 5.74) is 0. The number of nitrogens with one attached hydrogen (secondary N) is 1. The third-order valence-electron chi connectivity index (χ3n) is 2.35. The molecule has 0 spiro atoms. The van der Waals surface area contributed by atoms with Gasteiger partial charge in [-0.15, -0.1) is 12.4 Å². The van der Waals surface area contributed by atoms with E-state index < -0.39 is 5.97 Å². The Hall–Kier alpha value is -0.320. The van der Waals surface area contributed by atoms with E-state index in [1.54, 1.807) is 0 Å². The molecule has 0 unspecified atom stereocenters. The highest BCUT2D eigenvalue weighted by Crippen LogP contribution is 2.08. The van der Waals surface area contributed by atoms with Crippen LogP contribution in [-0.2, 0) is 4.79 Å². The van der Waals surface area contributed by atoms with E-state index in [0.717, 1.165) is 25.9 Å². The Morgan fingerprint density at radius 1 is 1.54 bits per heavy atom. The van der Waals surface area contributed by atoms with Gasteiger partial charge in [0.05, 0.1) is 6.54 Å². The van der Waals surface area contributed by atoms with Crippen LogP contribution in [0.2, 0.25) is 0 Å². The molecule has 1 fully saturated rings. The number of carboxylic acid groups (broad SMARTS) is 1. The zero-order chi connectivity index (χ0) is 8.97. The highest BCUT2D eigenvalue weighted by atomic mass is 35.5. The average Bonchev–Trinajstić information content (AvgIpc) is 2.05. The van der Waals surface area contributed by atoms with E-state index >= 15 is 0 Å². The van der Waals surface area contributed by atoms with Crippen molar-refractivity contribution in [2.45, 2.75) is 18.9 Å². The third-order valence-corrected chi connectivity index (χ3v) is 2.35. The fourth-order valence-corrected chi connectivity index (χ4v) is 1.57. The van der Waals surface area contributed by atoms with E-state index in [-0.39, 0.29) is 19.0 Å². The number of hydrogen-bond donors (Lipinski definition) is 2. The Morgan fingerprint density at radius 2 is 2.08 bits per heavy atom. The lowest BCUT2D eigenvalue weighted by atomic mass is 10.1. The lowest BCUT2D eigenvalue weighted by Gasteiger charge is -2.30. The minimum atomic E-state index is -0.724. The second kappa shape index (κ2) is 6.18. The maximum atomic E-state index is 10.4. The largest absolute Gasteiger partial charge is 0.480 e. The number of rotatable bonds is 3. The van der Waals surface area contributed by atoms with Crippen molar-refractivity contribution >= 4 is 18.4 Å². The van der Waals surface area contributed by atoms with Crippen molar-refractivity contribution in [3.8, 4) is 0 Å². The van der Waals surface area contributed by atoms with Crippen LogP contribution in [0.3, 0.4) is 0 Å². The Labute approximate surface area is 84.7 Å². The summed E-state index contributed by atoms with van der Waals surface area (Å²) in [6.07, 6.45) is 2.12. The number of likely N-dealkylation sites (tertiary alicyclic amines) is 1. The molecule has 2 N–H and O–H groups in total. The van der Waals surface area contributed by atoms with Gasteiger partial charge in [0.1, 0.15) is 0 Å². The first-order chi connectivity index (χ1) is 5.72. The van der Waals surface area contributed by atoms with Gasteiger partial charge >= 0.3 is 5.97 Å². The average molecular weight is 209 g/mol. The molecule has 4 nitrogen and oxygen atoms in total. The highest BCUT2D eigenvalue weighted by Gasteiger charge is 2.18. The van der Waals surface area contributed by atoms with Crippen molar-refractivity contribution in [3.05, 3.63) is 0 Å². The Morgan fingerprint density at radius 3 is 2.46 bits per heavy atom. The molecule has 1 aliphatic rings. The molecule has 0 amide bonds. The summed E-state index contributed by atoms with van der Waals surface area (Å²) in [6.45, 7) is 1.99. The molecule has 0 aromatic rings. The van der Waals surface area contributed by atoms with Crippen molar-refractivity contribution in [1.82, 2.24) is 10.2 Å². The molecule has 0 aromatic heterocycles. The van der Waals surface area contributed by atoms with Crippen LogP contribution in [0.25, 0.3) is 0 Å². The van der Waals surface area contributed by atoms with E-state index in [1.807, 2.05) is 11.9 Å². The Bertz CT molecular complexity index is 158. The van der Waals surface area contributed by atoms with Gasteiger partial charge in [0.25, 0.3) is 0 Å². The maximum absolute atomic E-state index is 10.4. The molecule has 1 aliphatic heterocycles. The molecule has 1 heterocycles. The van der Waals surface area contributed by atoms with Crippen LogP contribution in [0.4, 0.5) is 0 Å². The fourth-order valence-electron chi connectivity index (χ4n) is 1.57. The molecular weight excluding hydrogens is 192 g/mol. The number of piperidine rings is 1. The van der Waals surface area contributed by atoms with Crippen LogP contribution in [0.15, 0.2) is 0 Å². The number of aliphatic carboxylic acids is 1. The van der Waals surface area contributed by atoms with Crippen LogP contribution in [0.5, 0.6) is 0 Å². The summed E-state index contributed by atoms with van der Waals surface area (Å²) >= 11 is 0. The highest BCUT2D eigenvalue weighted by molar-refractivity contribution is 5.85. The van der Waals surface area contributed by atoms with Crippen LogP contribution in [-0.4, -0.2) is 48.7 Å². The van der Waals surface area contributed by atoms with E-state index in [2.05, 4.69) is 5.32 Å².